The molecule has 2 aliphatic carbocycles. The number of carbonyl (C=O) groups is 2. The van der Waals surface area contributed by atoms with Crippen LogP contribution in [0.25, 0.3) is 0 Å². The second-order valence-electron chi connectivity index (χ2n) is 5.77. The summed E-state index contributed by atoms with van der Waals surface area (Å²) in [6.45, 7) is 0. The van der Waals surface area contributed by atoms with Crippen molar-refractivity contribution in [3.63, 3.8) is 0 Å². The lowest BCUT2D eigenvalue weighted by atomic mass is 9.83. The summed E-state index contributed by atoms with van der Waals surface area (Å²) in [7, 11) is 0. The minimum absolute atomic E-state index is 0.0514. The van der Waals surface area contributed by atoms with Crippen molar-refractivity contribution in [1.29, 1.82) is 0 Å². The molecular weight excluding hydrogens is 230 g/mol. The Labute approximate surface area is 108 Å². The molecule has 4 nitrogen and oxygen atoms in total. The molecule has 2 fully saturated rings. The third-order valence-corrected chi connectivity index (χ3v) is 4.38. The fraction of sp³-hybridized carbons (Fsp3) is 0.857. The van der Waals surface area contributed by atoms with E-state index in [0.717, 1.165) is 32.1 Å². The Balaban J connectivity index is 1.82. The molecule has 0 heterocycles. The molecule has 2 rings (SSSR count). The van der Waals surface area contributed by atoms with Crippen LogP contribution in [0.4, 0.5) is 0 Å². The smallest absolute Gasteiger partial charge is 0.326 e. The first-order valence-corrected chi connectivity index (χ1v) is 7.20. The van der Waals surface area contributed by atoms with Crippen molar-refractivity contribution in [2.45, 2.75) is 63.8 Å². The third kappa shape index (κ3) is 3.47. The van der Waals surface area contributed by atoms with E-state index in [9.17, 15) is 14.7 Å². The van der Waals surface area contributed by atoms with E-state index < -0.39 is 12.0 Å². The van der Waals surface area contributed by atoms with Gasteiger partial charge < -0.3 is 10.4 Å². The van der Waals surface area contributed by atoms with E-state index in [4.69, 9.17) is 0 Å². The second-order valence-corrected chi connectivity index (χ2v) is 5.77. The Morgan fingerprint density at radius 2 is 1.72 bits per heavy atom. The number of carboxylic acid groups (broad SMARTS) is 1. The molecule has 0 aliphatic heterocycles. The third-order valence-electron chi connectivity index (χ3n) is 4.38. The van der Waals surface area contributed by atoms with Crippen LogP contribution in [0.15, 0.2) is 0 Å². The highest BCUT2D eigenvalue weighted by Gasteiger charge is 2.30. The van der Waals surface area contributed by atoms with Crippen LogP contribution < -0.4 is 5.32 Å². The van der Waals surface area contributed by atoms with Gasteiger partial charge in [-0.25, -0.2) is 4.79 Å². The van der Waals surface area contributed by atoms with Gasteiger partial charge in [0.05, 0.1) is 0 Å². The predicted molar refractivity (Wildman–Crippen MR) is 68.1 cm³/mol. The molecule has 2 aliphatic rings. The molecule has 0 aromatic heterocycles. The Morgan fingerprint density at radius 1 is 1.06 bits per heavy atom. The molecule has 0 spiro atoms. The Kier molecular flexibility index (Phi) is 4.61. The average molecular weight is 253 g/mol. The molecule has 0 radical (unpaired) electrons. The van der Waals surface area contributed by atoms with E-state index in [-0.39, 0.29) is 11.8 Å². The van der Waals surface area contributed by atoms with E-state index in [1.807, 2.05) is 0 Å². The highest BCUT2D eigenvalue weighted by molar-refractivity contribution is 5.85. The van der Waals surface area contributed by atoms with E-state index in [0.29, 0.717) is 12.3 Å². The molecule has 0 unspecified atom stereocenters. The maximum Gasteiger partial charge on any atom is 0.326 e. The number of nitrogens with one attached hydrogen (secondary N) is 1. The molecule has 0 bridgehead atoms. The summed E-state index contributed by atoms with van der Waals surface area (Å²) in [5.41, 5.74) is 0. The highest BCUT2D eigenvalue weighted by Crippen LogP contribution is 2.29. The SMILES string of the molecule is O=C(N[C@H](CC1CCCCC1)C(=O)O)C1CCC1. The van der Waals surface area contributed by atoms with Gasteiger partial charge in [-0.15, -0.1) is 0 Å². The summed E-state index contributed by atoms with van der Waals surface area (Å²) in [5, 5.41) is 11.9. The Bertz CT molecular complexity index is 306. The standard InChI is InChI=1S/C14H23NO3/c16-13(11-7-4-8-11)15-12(14(17)18)9-10-5-2-1-3-6-10/h10-12H,1-9H2,(H,15,16)(H,17,18)/t12-/m1/s1. The lowest BCUT2D eigenvalue weighted by Gasteiger charge is -2.28. The number of carboxylic acids is 1. The zero-order valence-corrected chi connectivity index (χ0v) is 10.9. The molecular formula is C14H23NO3. The second kappa shape index (κ2) is 6.21. The predicted octanol–water partition coefficient (Wildman–Crippen LogP) is 2.33. The molecule has 2 N–H and O–H groups in total. The zero-order valence-electron chi connectivity index (χ0n) is 10.9. The van der Waals surface area contributed by atoms with Gasteiger partial charge in [-0.05, 0) is 25.2 Å². The first-order chi connectivity index (χ1) is 8.66. The van der Waals surface area contributed by atoms with Crippen LogP contribution in [0.1, 0.15) is 57.8 Å². The van der Waals surface area contributed by atoms with Gasteiger partial charge in [-0.2, -0.15) is 0 Å². The summed E-state index contributed by atoms with van der Waals surface area (Å²) in [6, 6.07) is -0.679. The van der Waals surface area contributed by atoms with Gasteiger partial charge in [0, 0.05) is 5.92 Å². The van der Waals surface area contributed by atoms with Crippen LogP contribution in [0.5, 0.6) is 0 Å². The van der Waals surface area contributed by atoms with Crippen molar-refractivity contribution >= 4 is 11.9 Å². The molecule has 4 heteroatoms. The molecule has 2 saturated carbocycles. The maximum absolute atomic E-state index is 11.8. The van der Waals surface area contributed by atoms with Gasteiger partial charge in [-0.3, -0.25) is 4.79 Å². The van der Waals surface area contributed by atoms with Crippen molar-refractivity contribution in [2.24, 2.45) is 11.8 Å². The molecule has 0 aromatic carbocycles. The van der Waals surface area contributed by atoms with E-state index in [1.165, 1.54) is 19.3 Å². The van der Waals surface area contributed by atoms with Crippen molar-refractivity contribution in [3.8, 4) is 0 Å². The van der Waals surface area contributed by atoms with E-state index in [1.54, 1.807) is 0 Å². The van der Waals surface area contributed by atoms with Crippen LogP contribution in [0.2, 0.25) is 0 Å². The summed E-state index contributed by atoms with van der Waals surface area (Å²) < 4.78 is 0. The fourth-order valence-electron chi connectivity index (χ4n) is 2.94. The molecule has 102 valence electrons. The van der Waals surface area contributed by atoms with Gasteiger partial charge in [0.15, 0.2) is 0 Å². The fourth-order valence-corrected chi connectivity index (χ4v) is 2.94. The van der Waals surface area contributed by atoms with Gasteiger partial charge >= 0.3 is 5.97 Å². The van der Waals surface area contributed by atoms with Crippen LogP contribution in [0, 0.1) is 11.8 Å². The van der Waals surface area contributed by atoms with Crippen LogP contribution in [-0.4, -0.2) is 23.0 Å². The van der Waals surface area contributed by atoms with Crippen molar-refractivity contribution in [2.75, 3.05) is 0 Å². The average Bonchev–Trinajstić information content (AvgIpc) is 2.27. The molecule has 1 atom stereocenters. The number of amides is 1. The summed E-state index contributed by atoms with van der Waals surface area (Å²) in [4.78, 5) is 23.0. The van der Waals surface area contributed by atoms with Gasteiger partial charge in [0.25, 0.3) is 0 Å². The summed E-state index contributed by atoms with van der Waals surface area (Å²) in [5.74, 6) is -0.391. The number of carbonyl (C=O) groups excluding carboxylic acids is 1. The normalized spacial score (nSPS) is 23.1. The lowest BCUT2D eigenvalue weighted by molar-refractivity contribution is -0.143. The topological polar surface area (TPSA) is 66.4 Å². The van der Waals surface area contributed by atoms with Gasteiger partial charge in [0.2, 0.25) is 5.91 Å². The molecule has 1 amide bonds. The van der Waals surface area contributed by atoms with Crippen LogP contribution >= 0.6 is 0 Å². The van der Waals surface area contributed by atoms with Crippen molar-refractivity contribution in [1.82, 2.24) is 5.32 Å². The number of rotatable bonds is 5. The summed E-state index contributed by atoms with van der Waals surface area (Å²) >= 11 is 0. The number of hydrogen-bond acceptors (Lipinski definition) is 2. The summed E-state index contributed by atoms with van der Waals surface area (Å²) in [6.07, 6.45) is 9.44. The minimum Gasteiger partial charge on any atom is -0.480 e. The first-order valence-electron chi connectivity index (χ1n) is 7.20. The number of hydrogen-bond donors (Lipinski definition) is 2. The van der Waals surface area contributed by atoms with E-state index in [2.05, 4.69) is 5.32 Å². The first kappa shape index (κ1) is 13.4. The van der Waals surface area contributed by atoms with Gasteiger partial charge in [-0.1, -0.05) is 38.5 Å². The quantitative estimate of drug-likeness (QED) is 0.790. The lowest BCUT2D eigenvalue weighted by Crippen LogP contribution is -2.46. The monoisotopic (exact) mass is 253 g/mol. The Hall–Kier alpha value is -1.06. The van der Waals surface area contributed by atoms with Crippen LogP contribution in [-0.2, 0) is 9.59 Å². The molecule has 0 aromatic rings. The zero-order chi connectivity index (χ0) is 13.0. The van der Waals surface area contributed by atoms with Crippen molar-refractivity contribution < 1.29 is 14.7 Å². The van der Waals surface area contributed by atoms with Crippen molar-refractivity contribution in [3.05, 3.63) is 0 Å². The maximum atomic E-state index is 11.8. The van der Waals surface area contributed by atoms with E-state index >= 15 is 0 Å². The minimum atomic E-state index is -0.881. The Morgan fingerprint density at radius 3 is 2.22 bits per heavy atom. The molecule has 18 heavy (non-hydrogen) atoms. The highest BCUT2D eigenvalue weighted by atomic mass is 16.4. The van der Waals surface area contributed by atoms with Gasteiger partial charge in [0.1, 0.15) is 6.04 Å². The largest absolute Gasteiger partial charge is 0.480 e. The molecule has 0 saturated heterocycles. The van der Waals surface area contributed by atoms with Crippen LogP contribution in [0.3, 0.4) is 0 Å². The number of aliphatic carboxylic acids is 1.